The number of benzene rings is 3. The molecule has 0 saturated carbocycles. The molecule has 0 fully saturated rings. The van der Waals surface area contributed by atoms with E-state index in [4.69, 9.17) is 14.2 Å². The first-order valence-corrected chi connectivity index (χ1v) is 12.6. The van der Waals surface area contributed by atoms with Crippen LogP contribution in [-0.2, 0) is 16.1 Å². The van der Waals surface area contributed by atoms with Gasteiger partial charge in [0.1, 0.15) is 6.61 Å². The number of ketones is 1. The second-order valence-electron chi connectivity index (χ2n) is 8.83. The van der Waals surface area contributed by atoms with Crippen molar-refractivity contribution in [2.75, 3.05) is 14.2 Å². The van der Waals surface area contributed by atoms with E-state index in [9.17, 15) is 14.9 Å². The molecule has 1 aliphatic carbocycles. The maximum Gasteiger partial charge on any atom is 0.336 e. The number of nitriles is 1. The van der Waals surface area contributed by atoms with E-state index in [0.717, 1.165) is 11.1 Å². The quantitative estimate of drug-likeness (QED) is 0.382. The first kappa shape index (κ1) is 25.3. The summed E-state index contributed by atoms with van der Waals surface area (Å²) in [5.41, 5.74) is 5.38. The van der Waals surface area contributed by atoms with Crippen molar-refractivity contribution in [1.82, 2.24) is 5.32 Å². The Labute approximate surface area is 228 Å². The van der Waals surface area contributed by atoms with Crippen molar-refractivity contribution in [2.45, 2.75) is 19.4 Å². The SMILES string of the molecule is COC(=O)C1=C(C)NC2=C(C(=O)c3ccccc32)[C@H]1c1cc(OC)c(OCc2ccccc2C#N)cc1Br. The van der Waals surface area contributed by atoms with Crippen molar-refractivity contribution < 1.29 is 23.8 Å². The summed E-state index contributed by atoms with van der Waals surface area (Å²) in [6.07, 6.45) is 0. The molecule has 1 aliphatic heterocycles. The minimum Gasteiger partial charge on any atom is -0.493 e. The molecule has 3 aromatic carbocycles. The monoisotopic (exact) mass is 570 g/mol. The van der Waals surface area contributed by atoms with Gasteiger partial charge in [-0.05, 0) is 30.7 Å². The number of rotatable bonds is 6. The third kappa shape index (κ3) is 4.15. The molecule has 8 heteroatoms. The van der Waals surface area contributed by atoms with E-state index in [2.05, 4.69) is 27.3 Å². The fraction of sp³-hybridized carbons (Fsp3) is 0.167. The number of Topliss-reactive ketones (excluding diaryl/α,β-unsaturated/α-hetero) is 1. The molecular formula is C30H23BrN2O5. The number of carbonyl (C=O) groups is 2. The van der Waals surface area contributed by atoms with E-state index < -0.39 is 11.9 Å². The van der Waals surface area contributed by atoms with Gasteiger partial charge in [0, 0.05) is 32.4 Å². The highest BCUT2D eigenvalue weighted by molar-refractivity contribution is 9.10. The number of allylic oxidation sites excluding steroid dienone is 2. The van der Waals surface area contributed by atoms with Crippen molar-refractivity contribution in [3.8, 4) is 17.6 Å². The molecular weight excluding hydrogens is 548 g/mol. The lowest BCUT2D eigenvalue weighted by molar-refractivity contribution is -0.136. The Morgan fingerprint density at radius 2 is 1.76 bits per heavy atom. The van der Waals surface area contributed by atoms with Gasteiger partial charge in [-0.2, -0.15) is 5.26 Å². The number of methoxy groups -OCH3 is 2. The highest BCUT2D eigenvalue weighted by atomic mass is 79.9. The summed E-state index contributed by atoms with van der Waals surface area (Å²) in [4.78, 5) is 26.7. The molecule has 0 aromatic heterocycles. The fourth-order valence-corrected chi connectivity index (χ4v) is 5.53. The second-order valence-corrected chi connectivity index (χ2v) is 9.69. The largest absolute Gasteiger partial charge is 0.493 e. The Kier molecular flexibility index (Phi) is 6.79. The van der Waals surface area contributed by atoms with E-state index >= 15 is 0 Å². The highest BCUT2D eigenvalue weighted by Gasteiger charge is 2.43. The fourth-order valence-electron chi connectivity index (χ4n) is 4.98. The van der Waals surface area contributed by atoms with Gasteiger partial charge in [-0.25, -0.2) is 4.79 Å². The smallest absolute Gasteiger partial charge is 0.336 e. The molecule has 0 radical (unpaired) electrons. The number of ether oxygens (including phenoxy) is 3. The van der Waals surface area contributed by atoms with E-state index in [1.807, 2.05) is 30.3 Å². The van der Waals surface area contributed by atoms with Crippen molar-refractivity contribution in [3.63, 3.8) is 0 Å². The van der Waals surface area contributed by atoms with Crippen LogP contribution in [0, 0.1) is 11.3 Å². The standard InChI is InChI=1S/C30H23BrN2O5/c1-16-25(30(35)37-3)26(27-28(33-16)19-10-6-7-11-20(19)29(27)34)21-12-23(36-2)24(13-22(21)31)38-15-18-9-5-4-8-17(18)14-32/h4-13,26,33H,15H2,1-3H3/t26-/m0/s1. The number of hydrogen-bond donors (Lipinski definition) is 1. The number of nitrogens with zero attached hydrogens (tertiary/aromatic N) is 1. The lowest BCUT2D eigenvalue weighted by atomic mass is 9.79. The molecule has 1 N–H and O–H groups in total. The summed E-state index contributed by atoms with van der Waals surface area (Å²) < 4.78 is 17.5. The van der Waals surface area contributed by atoms with Crippen LogP contribution >= 0.6 is 15.9 Å². The van der Waals surface area contributed by atoms with Crippen LogP contribution < -0.4 is 14.8 Å². The molecule has 0 bridgehead atoms. The van der Waals surface area contributed by atoms with Gasteiger partial charge in [0.15, 0.2) is 17.3 Å². The Morgan fingerprint density at radius 1 is 1.05 bits per heavy atom. The van der Waals surface area contributed by atoms with Crippen LogP contribution in [0.5, 0.6) is 11.5 Å². The van der Waals surface area contributed by atoms with E-state index in [0.29, 0.717) is 55.2 Å². The minimum atomic E-state index is -0.713. The lowest BCUT2D eigenvalue weighted by Crippen LogP contribution is -2.29. The van der Waals surface area contributed by atoms with Gasteiger partial charge in [0.2, 0.25) is 0 Å². The zero-order chi connectivity index (χ0) is 27.0. The average molecular weight is 571 g/mol. The zero-order valence-corrected chi connectivity index (χ0v) is 22.5. The summed E-state index contributed by atoms with van der Waals surface area (Å²) >= 11 is 3.65. The number of esters is 1. The van der Waals surface area contributed by atoms with Gasteiger partial charge >= 0.3 is 5.97 Å². The van der Waals surface area contributed by atoms with Crippen LogP contribution in [0.25, 0.3) is 5.70 Å². The number of carbonyl (C=O) groups excluding carboxylic acids is 2. The van der Waals surface area contributed by atoms with Gasteiger partial charge < -0.3 is 19.5 Å². The predicted octanol–water partition coefficient (Wildman–Crippen LogP) is 5.65. The molecule has 0 amide bonds. The highest BCUT2D eigenvalue weighted by Crippen LogP contribution is 2.50. The Morgan fingerprint density at radius 3 is 2.47 bits per heavy atom. The maximum atomic E-state index is 13.7. The van der Waals surface area contributed by atoms with Crippen molar-refractivity contribution in [2.24, 2.45) is 0 Å². The Hall–Kier alpha value is -4.35. The molecule has 0 spiro atoms. The number of nitrogens with one attached hydrogen (secondary N) is 1. The lowest BCUT2D eigenvalue weighted by Gasteiger charge is -2.30. The van der Waals surface area contributed by atoms with Crippen LogP contribution in [0.4, 0.5) is 0 Å². The zero-order valence-electron chi connectivity index (χ0n) is 20.9. The topological polar surface area (TPSA) is 97.7 Å². The number of dihydropyridines is 1. The van der Waals surface area contributed by atoms with E-state index in [1.54, 1.807) is 37.3 Å². The maximum absolute atomic E-state index is 13.7. The normalized spacial score (nSPS) is 15.9. The summed E-state index contributed by atoms with van der Waals surface area (Å²) in [6.45, 7) is 1.96. The minimum absolute atomic E-state index is 0.152. The Bertz CT molecular complexity index is 1600. The molecule has 0 unspecified atom stereocenters. The summed E-state index contributed by atoms with van der Waals surface area (Å²) in [6, 6.07) is 20.3. The third-order valence-corrected chi connectivity index (χ3v) is 7.46. The van der Waals surface area contributed by atoms with Crippen LogP contribution in [0.2, 0.25) is 0 Å². The first-order chi connectivity index (χ1) is 18.4. The number of fused-ring (bicyclic) bond motifs is 2. The summed E-state index contributed by atoms with van der Waals surface area (Å²) in [5, 5.41) is 12.7. The predicted molar refractivity (Wildman–Crippen MR) is 144 cm³/mol. The molecule has 190 valence electrons. The molecule has 1 atom stereocenters. The number of halogens is 1. The van der Waals surface area contributed by atoms with E-state index in [-0.39, 0.29) is 12.4 Å². The van der Waals surface area contributed by atoms with Crippen molar-refractivity contribution in [1.29, 1.82) is 5.26 Å². The average Bonchev–Trinajstić information content (AvgIpc) is 3.22. The summed E-state index contributed by atoms with van der Waals surface area (Å²) in [5.74, 6) is -0.533. The van der Waals surface area contributed by atoms with Crippen LogP contribution in [0.15, 0.2) is 82.0 Å². The molecule has 38 heavy (non-hydrogen) atoms. The van der Waals surface area contributed by atoms with Gasteiger partial charge in [-0.3, -0.25) is 4.79 Å². The van der Waals surface area contributed by atoms with Gasteiger partial charge in [-0.15, -0.1) is 0 Å². The van der Waals surface area contributed by atoms with Crippen LogP contribution in [0.3, 0.4) is 0 Å². The molecule has 0 saturated heterocycles. The Balaban J connectivity index is 1.61. The van der Waals surface area contributed by atoms with Crippen molar-refractivity contribution in [3.05, 3.63) is 110 Å². The van der Waals surface area contributed by atoms with Crippen molar-refractivity contribution >= 4 is 33.4 Å². The van der Waals surface area contributed by atoms with Gasteiger partial charge in [0.05, 0.1) is 43.0 Å². The number of hydrogen-bond acceptors (Lipinski definition) is 7. The summed E-state index contributed by atoms with van der Waals surface area (Å²) in [7, 11) is 2.84. The molecule has 1 heterocycles. The van der Waals surface area contributed by atoms with Gasteiger partial charge in [0.25, 0.3) is 0 Å². The first-order valence-electron chi connectivity index (χ1n) is 11.8. The van der Waals surface area contributed by atoms with Crippen LogP contribution in [-0.4, -0.2) is 26.0 Å². The third-order valence-electron chi connectivity index (χ3n) is 6.77. The molecule has 2 aliphatic rings. The van der Waals surface area contributed by atoms with Crippen LogP contribution in [0.1, 0.15) is 45.5 Å². The van der Waals surface area contributed by atoms with Gasteiger partial charge in [-0.1, -0.05) is 58.4 Å². The second kappa shape index (κ2) is 10.2. The van der Waals surface area contributed by atoms with E-state index in [1.165, 1.54) is 14.2 Å². The molecule has 3 aromatic rings. The molecule has 5 rings (SSSR count). The molecule has 7 nitrogen and oxygen atoms in total.